The fraction of sp³-hybridized carbons (Fsp3) is 0.120. The maximum Gasteiger partial charge on any atom is 0.274 e. The van der Waals surface area contributed by atoms with E-state index in [-0.39, 0.29) is 11.7 Å². The number of methoxy groups -OCH3 is 2. The van der Waals surface area contributed by atoms with Crippen molar-refractivity contribution in [2.24, 2.45) is 0 Å². The van der Waals surface area contributed by atoms with E-state index in [1.165, 1.54) is 24.3 Å². The second kappa shape index (κ2) is 8.93. The molecule has 6 nitrogen and oxygen atoms in total. The summed E-state index contributed by atoms with van der Waals surface area (Å²) >= 11 is 0. The van der Waals surface area contributed by atoms with Crippen LogP contribution in [0.15, 0.2) is 72.8 Å². The molecule has 0 fully saturated rings. The highest BCUT2D eigenvalue weighted by Crippen LogP contribution is 2.33. The molecule has 162 valence electrons. The highest BCUT2D eigenvalue weighted by molar-refractivity contribution is 6.04. The maximum absolute atomic E-state index is 13.2. The number of nitrogens with zero attached hydrogens (tertiary/aromatic N) is 2. The summed E-state index contributed by atoms with van der Waals surface area (Å²) in [6.45, 7) is 1.99. The van der Waals surface area contributed by atoms with Gasteiger partial charge >= 0.3 is 0 Å². The van der Waals surface area contributed by atoms with Crippen LogP contribution in [0.25, 0.3) is 16.9 Å². The number of amides is 1. The first-order valence-corrected chi connectivity index (χ1v) is 9.95. The highest BCUT2D eigenvalue weighted by atomic mass is 19.1. The number of anilines is 1. The molecule has 0 aliphatic carbocycles. The summed E-state index contributed by atoms with van der Waals surface area (Å²) in [7, 11) is 3.15. The van der Waals surface area contributed by atoms with E-state index in [4.69, 9.17) is 14.6 Å². The zero-order chi connectivity index (χ0) is 22.7. The van der Waals surface area contributed by atoms with Crippen molar-refractivity contribution in [1.82, 2.24) is 9.78 Å². The molecule has 0 atom stereocenters. The Morgan fingerprint density at radius 3 is 2.31 bits per heavy atom. The smallest absolute Gasteiger partial charge is 0.274 e. The minimum absolute atomic E-state index is 0.325. The number of aryl methyl sites for hydroxylation is 1. The first-order chi connectivity index (χ1) is 15.5. The second-order valence-electron chi connectivity index (χ2n) is 7.19. The van der Waals surface area contributed by atoms with Crippen LogP contribution in [-0.2, 0) is 0 Å². The van der Waals surface area contributed by atoms with Gasteiger partial charge in [0.25, 0.3) is 5.91 Å². The van der Waals surface area contributed by atoms with Crippen molar-refractivity contribution in [2.75, 3.05) is 19.5 Å². The zero-order valence-corrected chi connectivity index (χ0v) is 17.9. The van der Waals surface area contributed by atoms with Gasteiger partial charge in [0.15, 0.2) is 0 Å². The number of rotatable bonds is 6. The third kappa shape index (κ3) is 4.32. The van der Waals surface area contributed by atoms with Crippen molar-refractivity contribution in [1.29, 1.82) is 0 Å². The molecular formula is C25H22FN3O3. The Balaban J connectivity index is 1.79. The molecule has 0 spiro atoms. The van der Waals surface area contributed by atoms with E-state index in [0.29, 0.717) is 28.6 Å². The van der Waals surface area contributed by atoms with Crippen molar-refractivity contribution >= 4 is 11.6 Å². The number of carbonyl (C=O) groups excluding carboxylic acids is 1. The van der Waals surface area contributed by atoms with Gasteiger partial charge in [-0.2, -0.15) is 5.10 Å². The van der Waals surface area contributed by atoms with Crippen molar-refractivity contribution in [2.45, 2.75) is 6.92 Å². The van der Waals surface area contributed by atoms with Crippen LogP contribution >= 0.6 is 0 Å². The lowest BCUT2D eigenvalue weighted by Crippen LogP contribution is -2.17. The molecule has 4 aromatic rings. The number of ether oxygens (including phenoxy) is 2. The van der Waals surface area contributed by atoms with E-state index in [1.807, 2.05) is 37.3 Å². The fourth-order valence-electron chi connectivity index (χ4n) is 3.30. The lowest BCUT2D eigenvalue weighted by Gasteiger charge is -2.09. The number of nitrogens with one attached hydrogen (secondary N) is 1. The standard InChI is InChI=1S/C25H22FN3O3/c1-16-4-10-19(11-5-16)29-23(25(30)27-18-8-6-17(26)7-9-18)15-22(28-29)21-13-12-20(31-2)14-24(21)32-3/h4-15H,1-3H3,(H,27,30). The summed E-state index contributed by atoms with van der Waals surface area (Å²) in [4.78, 5) is 13.1. The van der Waals surface area contributed by atoms with Crippen molar-refractivity contribution in [3.8, 4) is 28.4 Å². The van der Waals surface area contributed by atoms with Crippen LogP contribution in [0.4, 0.5) is 10.1 Å². The van der Waals surface area contributed by atoms with Crippen LogP contribution in [-0.4, -0.2) is 29.9 Å². The zero-order valence-electron chi connectivity index (χ0n) is 17.9. The van der Waals surface area contributed by atoms with Gasteiger partial charge in [-0.25, -0.2) is 9.07 Å². The predicted molar refractivity (Wildman–Crippen MR) is 121 cm³/mol. The summed E-state index contributed by atoms with van der Waals surface area (Å²) in [5, 5.41) is 7.50. The van der Waals surface area contributed by atoms with Crippen molar-refractivity contribution in [3.05, 3.63) is 89.9 Å². The Kier molecular flexibility index (Phi) is 5.89. The summed E-state index contributed by atoms with van der Waals surface area (Å²) in [5.74, 6) is 0.478. The second-order valence-corrected chi connectivity index (χ2v) is 7.19. The average molecular weight is 431 g/mol. The van der Waals surface area contributed by atoms with E-state index in [2.05, 4.69) is 5.32 Å². The molecule has 1 heterocycles. The van der Waals surface area contributed by atoms with Crippen LogP contribution in [0.3, 0.4) is 0 Å². The summed E-state index contributed by atoms with van der Waals surface area (Å²) < 4.78 is 25.6. The number of hydrogen-bond donors (Lipinski definition) is 1. The Bertz CT molecular complexity index is 1250. The quantitative estimate of drug-likeness (QED) is 0.453. The van der Waals surface area contributed by atoms with Crippen molar-refractivity contribution in [3.63, 3.8) is 0 Å². The number of benzene rings is 3. The SMILES string of the molecule is COc1ccc(-c2cc(C(=O)Nc3ccc(F)cc3)n(-c3ccc(C)cc3)n2)c(OC)c1. The Labute approximate surface area is 185 Å². The van der Waals surface area contributed by atoms with Gasteiger partial charge in [0.05, 0.1) is 25.6 Å². The topological polar surface area (TPSA) is 65.4 Å². The van der Waals surface area contributed by atoms with Crippen LogP contribution in [0.2, 0.25) is 0 Å². The third-order valence-corrected chi connectivity index (χ3v) is 5.01. The van der Waals surface area contributed by atoms with Crippen molar-refractivity contribution < 1.29 is 18.7 Å². The van der Waals surface area contributed by atoms with Gasteiger partial charge in [-0.1, -0.05) is 17.7 Å². The van der Waals surface area contributed by atoms with Gasteiger partial charge < -0.3 is 14.8 Å². The molecule has 0 bridgehead atoms. The van der Waals surface area contributed by atoms with Gasteiger partial charge in [-0.15, -0.1) is 0 Å². The number of aromatic nitrogens is 2. The third-order valence-electron chi connectivity index (χ3n) is 5.01. The minimum atomic E-state index is -0.374. The van der Waals surface area contributed by atoms with Gasteiger partial charge in [0, 0.05) is 17.3 Å². The molecule has 0 saturated heterocycles. The molecule has 32 heavy (non-hydrogen) atoms. The van der Waals surface area contributed by atoms with Gasteiger partial charge in [0.2, 0.25) is 0 Å². The summed E-state index contributed by atoms with van der Waals surface area (Å²) in [6, 6.07) is 20.4. The van der Waals surface area contributed by atoms with Gasteiger partial charge in [-0.05, 0) is 61.5 Å². The Morgan fingerprint density at radius 2 is 1.66 bits per heavy atom. The van der Waals surface area contributed by atoms with E-state index < -0.39 is 0 Å². The first kappa shape index (κ1) is 21.1. The molecule has 1 N–H and O–H groups in total. The Morgan fingerprint density at radius 1 is 0.938 bits per heavy atom. The molecule has 4 rings (SSSR count). The molecule has 0 aliphatic heterocycles. The lowest BCUT2D eigenvalue weighted by molar-refractivity contribution is 0.101. The van der Waals surface area contributed by atoms with E-state index in [0.717, 1.165) is 16.8 Å². The molecule has 3 aromatic carbocycles. The molecule has 0 aliphatic rings. The maximum atomic E-state index is 13.2. The van der Waals surface area contributed by atoms with Crippen LogP contribution in [0.5, 0.6) is 11.5 Å². The predicted octanol–water partition coefficient (Wildman–Crippen LogP) is 5.26. The van der Waals surface area contributed by atoms with Crippen LogP contribution in [0, 0.1) is 12.7 Å². The number of carbonyl (C=O) groups is 1. The fourth-order valence-corrected chi connectivity index (χ4v) is 3.30. The number of halogens is 1. The average Bonchev–Trinajstić information content (AvgIpc) is 3.26. The Hall–Kier alpha value is -4.13. The molecule has 0 unspecified atom stereocenters. The summed E-state index contributed by atoms with van der Waals surface area (Å²) in [5.41, 5.74) is 3.92. The molecular weight excluding hydrogens is 409 g/mol. The minimum Gasteiger partial charge on any atom is -0.497 e. The monoisotopic (exact) mass is 431 g/mol. The molecule has 0 radical (unpaired) electrons. The molecule has 1 aromatic heterocycles. The van der Waals surface area contributed by atoms with Crippen LogP contribution < -0.4 is 14.8 Å². The summed E-state index contributed by atoms with van der Waals surface area (Å²) in [6.07, 6.45) is 0. The largest absolute Gasteiger partial charge is 0.497 e. The van der Waals surface area contributed by atoms with E-state index >= 15 is 0 Å². The lowest BCUT2D eigenvalue weighted by atomic mass is 10.1. The van der Waals surface area contributed by atoms with E-state index in [9.17, 15) is 9.18 Å². The molecule has 1 amide bonds. The molecule has 0 saturated carbocycles. The number of hydrogen-bond acceptors (Lipinski definition) is 4. The van der Waals surface area contributed by atoms with Gasteiger partial charge in [-0.3, -0.25) is 4.79 Å². The first-order valence-electron chi connectivity index (χ1n) is 9.95. The highest BCUT2D eigenvalue weighted by Gasteiger charge is 2.20. The van der Waals surface area contributed by atoms with E-state index in [1.54, 1.807) is 37.1 Å². The molecule has 7 heteroatoms. The normalized spacial score (nSPS) is 10.6. The van der Waals surface area contributed by atoms with Crippen LogP contribution in [0.1, 0.15) is 16.1 Å². The van der Waals surface area contributed by atoms with Gasteiger partial charge in [0.1, 0.15) is 23.0 Å².